The first kappa shape index (κ1) is 13.6. The van der Waals surface area contributed by atoms with E-state index in [0.717, 1.165) is 42.8 Å². The lowest BCUT2D eigenvalue weighted by Gasteiger charge is -2.36. The maximum Gasteiger partial charge on any atom is 0.172 e. The van der Waals surface area contributed by atoms with E-state index in [9.17, 15) is 0 Å². The third-order valence-electron chi connectivity index (χ3n) is 4.01. The van der Waals surface area contributed by atoms with Crippen molar-refractivity contribution in [3.8, 4) is 0 Å². The zero-order valence-corrected chi connectivity index (χ0v) is 12.6. The van der Waals surface area contributed by atoms with Gasteiger partial charge in [-0.05, 0) is 39.1 Å². The third-order valence-corrected chi connectivity index (χ3v) is 4.26. The number of nitrogens with zero attached hydrogens (tertiary/aromatic N) is 4. The van der Waals surface area contributed by atoms with Crippen LogP contribution in [0.15, 0.2) is 24.3 Å². The monoisotopic (exact) mass is 290 g/mol. The Bertz CT molecular complexity index is 606. The minimum atomic E-state index is 0.506. The molecule has 5 heteroatoms. The number of aromatic nitrogens is 2. The molecular formula is C15H19ClN4. The molecule has 0 aliphatic carbocycles. The molecule has 0 unspecified atom stereocenters. The predicted molar refractivity (Wildman–Crippen MR) is 83.5 cm³/mol. The number of hydrogen-bond acceptors (Lipinski definition) is 4. The summed E-state index contributed by atoms with van der Waals surface area (Å²) in [4.78, 5) is 13.7. The van der Waals surface area contributed by atoms with Gasteiger partial charge in [0, 0.05) is 19.1 Å². The second kappa shape index (κ2) is 5.54. The van der Waals surface area contributed by atoms with Gasteiger partial charge in [0.1, 0.15) is 0 Å². The Morgan fingerprint density at radius 3 is 2.30 bits per heavy atom. The van der Waals surface area contributed by atoms with Gasteiger partial charge < -0.3 is 9.80 Å². The van der Waals surface area contributed by atoms with Gasteiger partial charge in [-0.1, -0.05) is 23.7 Å². The van der Waals surface area contributed by atoms with Crippen molar-refractivity contribution < 1.29 is 0 Å². The van der Waals surface area contributed by atoms with Crippen molar-refractivity contribution in [1.82, 2.24) is 14.9 Å². The number of anilines is 1. The van der Waals surface area contributed by atoms with Crippen LogP contribution in [-0.2, 0) is 0 Å². The van der Waals surface area contributed by atoms with Crippen LogP contribution in [0.5, 0.6) is 0 Å². The van der Waals surface area contributed by atoms with Crippen LogP contribution in [-0.4, -0.2) is 48.1 Å². The summed E-state index contributed by atoms with van der Waals surface area (Å²) in [5, 5.41) is 0.506. The van der Waals surface area contributed by atoms with Gasteiger partial charge >= 0.3 is 0 Å². The van der Waals surface area contributed by atoms with Crippen LogP contribution in [0.3, 0.4) is 0 Å². The number of halogens is 1. The second-order valence-corrected chi connectivity index (χ2v) is 5.87. The highest BCUT2D eigenvalue weighted by Gasteiger charge is 2.23. The third kappa shape index (κ3) is 2.58. The molecule has 1 aromatic heterocycles. The lowest BCUT2D eigenvalue weighted by atomic mass is 10.0. The van der Waals surface area contributed by atoms with Crippen molar-refractivity contribution in [1.29, 1.82) is 0 Å². The maximum absolute atomic E-state index is 6.31. The Labute approximate surface area is 124 Å². The van der Waals surface area contributed by atoms with Gasteiger partial charge in [-0.15, -0.1) is 0 Å². The van der Waals surface area contributed by atoms with Gasteiger partial charge in [0.05, 0.1) is 11.0 Å². The summed E-state index contributed by atoms with van der Waals surface area (Å²) in [6.07, 6.45) is 2.27. The highest BCUT2D eigenvalue weighted by Crippen LogP contribution is 2.27. The predicted octanol–water partition coefficient (Wildman–Crippen LogP) is 2.81. The minimum Gasteiger partial charge on any atom is -0.354 e. The smallest absolute Gasteiger partial charge is 0.172 e. The Balaban J connectivity index is 1.86. The van der Waals surface area contributed by atoms with Crippen LogP contribution in [0.25, 0.3) is 11.0 Å². The van der Waals surface area contributed by atoms with E-state index in [4.69, 9.17) is 11.6 Å². The van der Waals surface area contributed by atoms with Crippen LogP contribution in [0.4, 0.5) is 5.82 Å². The molecule has 0 amide bonds. The number of fused-ring (bicyclic) bond motifs is 1. The SMILES string of the molecule is CN(C)C1CCN(c2nc3ccccc3nc2Cl)CC1. The Kier molecular flexibility index (Phi) is 3.76. The summed E-state index contributed by atoms with van der Waals surface area (Å²) < 4.78 is 0. The Morgan fingerprint density at radius 1 is 1.10 bits per heavy atom. The van der Waals surface area contributed by atoms with Gasteiger partial charge in [-0.2, -0.15) is 0 Å². The number of benzene rings is 1. The number of hydrogen-bond donors (Lipinski definition) is 0. The molecule has 0 radical (unpaired) electrons. The van der Waals surface area contributed by atoms with Crippen LogP contribution in [0.1, 0.15) is 12.8 Å². The lowest BCUT2D eigenvalue weighted by Crippen LogP contribution is -2.42. The van der Waals surface area contributed by atoms with E-state index >= 15 is 0 Å². The summed E-state index contributed by atoms with van der Waals surface area (Å²) in [5.74, 6) is 0.822. The molecule has 0 N–H and O–H groups in total. The molecule has 1 aliphatic rings. The highest BCUT2D eigenvalue weighted by atomic mass is 35.5. The molecule has 1 aliphatic heterocycles. The van der Waals surface area contributed by atoms with Crippen molar-refractivity contribution in [2.24, 2.45) is 0 Å². The van der Waals surface area contributed by atoms with Crippen molar-refractivity contribution in [3.05, 3.63) is 29.4 Å². The van der Waals surface area contributed by atoms with Gasteiger partial charge in [0.2, 0.25) is 0 Å². The second-order valence-electron chi connectivity index (χ2n) is 5.51. The zero-order valence-electron chi connectivity index (χ0n) is 11.9. The Hall–Kier alpha value is -1.39. The molecule has 0 saturated carbocycles. The number of rotatable bonds is 2. The molecule has 0 spiro atoms. The zero-order chi connectivity index (χ0) is 14.1. The van der Waals surface area contributed by atoms with E-state index in [2.05, 4.69) is 33.9 Å². The molecule has 20 heavy (non-hydrogen) atoms. The lowest BCUT2D eigenvalue weighted by molar-refractivity contribution is 0.249. The van der Waals surface area contributed by atoms with Gasteiger partial charge in [0.15, 0.2) is 11.0 Å². The van der Waals surface area contributed by atoms with E-state index in [1.54, 1.807) is 0 Å². The van der Waals surface area contributed by atoms with Crippen LogP contribution < -0.4 is 4.90 Å². The summed E-state index contributed by atoms with van der Waals surface area (Å²) in [7, 11) is 4.28. The fourth-order valence-electron chi connectivity index (χ4n) is 2.76. The standard InChI is InChI=1S/C15H19ClN4/c1-19(2)11-7-9-20(10-8-11)15-14(16)17-12-5-3-4-6-13(12)18-15/h3-6,11H,7-10H2,1-2H3. The van der Waals surface area contributed by atoms with E-state index in [1.807, 2.05) is 24.3 Å². The van der Waals surface area contributed by atoms with Gasteiger partial charge in [-0.25, -0.2) is 9.97 Å². The first-order chi connectivity index (χ1) is 9.65. The minimum absolute atomic E-state index is 0.506. The summed E-state index contributed by atoms with van der Waals surface area (Å²) in [6.45, 7) is 1.96. The molecule has 2 heterocycles. The van der Waals surface area contributed by atoms with Gasteiger partial charge in [-0.3, -0.25) is 0 Å². The topological polar surface area (TPSA) is 32.3 Å². The van der Waals surface area contributed by atoms with E-state index in [-0.39, 0.29) is 0 Å². The Morgan fingerprint density at radius 2 is 1.70 bits per heavy atom. The molecule has 0 atom stereocenters. The fraction of sp³-hybridized carbons (Fsp3) is 0.467. The van der Waals surface area contributed by atoms with E-state index < -0.39 is 0 Å². The average Bonchev–Trinajstić information content (AvgIpc) is 2.46. The normalized spacial score (nSPS) is 17.1. The van der Waals surface area contributed by atoms with Crippen LogP contribution in [0, 0.1) is 0 Å². The maximum atomic E-state index is 6.31. The summed E-state index contributed by atoms with van der Waals surface area (Å²) in [5.41, 5.74) is 1.76. The number of para-hydroxylation sites is 2. The molecule has 1 aromatic carbocycles. The summed E-state index contributed by atoms with van der Waals surface area (Å²) >= 11 is 6.31. The molecule has 1 saturated heterocycles. The first-order valence-corrected chi connectivity index (χ1v) is 7.36. The van der Waals surface area contributed by atoms with Gasteiger partial charge in [0.25, 0.3) is 0 Å². The van der Waals surface area contributed by atoms with Crippen molar-refractivity contribution in [2.45, 2.75) is 18.9 Å². The van der Waals surface area contributed by atoms with E-state index in [0.29, 0.717) is 11.2 Å². The fourth-order valence-corrected chi connectivity index (χ4v) is 3.02. The molecule has 2 aromatic rings. The van der Waals surface area contributed by atoms with E-state index in [1.165, 1.54) is 0 Å². The molecule has 0 bridgehead atoms. The molecule has 1 fully saturated rings. The van der Waals surface area contributed by atoms with Crippen molar-refractivity contribution in [2.75, 3.05) is 32.1 Å². The highest BCUT2D eigenvalue weighted by molar-refractivity contribution is 6.32. The molecular weight excluding hydrogens is 272 g/mol. The molecule has 106 valence electrons. The molecule has 3 rings (SSSR count). The van der Waals surface area contributed by atoms with Crippen molar-refractivity contribution >= 4 is 28.5 Å². The number of piperidine rings is 1. The first-order valence-electron chi connectivity index (χ1n) is 6.99. The van der Waals surface area contributed by atoms with Crippen molar-refractivity contribution in [3.63, 3.8) is 0 Å². The van der Waals surface area contributed by atoms with Crippen LogP contribution >= 0.6 is 11.6 Å². The quantitative estimate of drug-likeness (QED) is 0.851. The van der Waals surface area contributed by atoms with Crippen LogP contribution in [0.2, 0.25) is 5.15 Å². The molecule has 4 nitrogen and oxygen atoms in total. The largest absolute Gasteiger partial charge is 0.354 e. The summed E-state index contributed by atoms with van der Waals surface area (Å²) in [6, 6.07) is 8.51. The average molecular weight is 291 g/mol.